The molecule has 0 aliphatic carbocycles. The monoisotopic (exact) mass is 215 g/mol. The molecule has 0 unspecified atom stereocenters. The quantitative estimate of drug-likeness (QED) is 0.697. The van der Waals surface area contributed by atoms with Gasteiger partial charge in [-0.1, -0.05) is 0 Å². The van der Waals surface area contributed by atoms with Crippen molar-refractivity contribution in [2.75, 3.05) is 0 Å². The first kappa shape index (κ1) is 7.93. The van der Waals surface area contributed by atoms with Gasteiger partial charge in [0.1, 0.15) is 0 Å². The van der Waals surface area contributed by atoms with Gasteiger partial charge in [0.2, 0.25) is 0 Å². The van der Waals surface area contributed by atoms with Crippen LogP contribution in [-0.2, 0) is 25.2 Å². The number of aryl methyl sites for hydroxylation is 1. The van der Waals surface area contributed by atoms with Crippen molar-refractivity contribution in [2.24, 2.45) is 0 Å². The molecule has 0 aromatic heterocycles. The van der Waals surface area contributed by atoms with Crippen LogP contribution in [0.25, 0.3) is 0 Å². The van der Waals surface area contributed by atoms with E-state index < -0.39 is 0 Å². The Morgan fingerprint density at radius 2 is 2.20 bits per heavy atom. The molecule has 0 heterocycles. The van der Waals surface area contributed by atoms with Gasteiger partial charge in [-0.25, -0.2) is 0 Å². The van der Waals surface area contributed by atoms with Gasteiger partial charge in [-0.3, -0.25) is 0 Å². The molecule has 51 valence electrons. The van der Waals surface area contributed by atoms with E-state index in [2.05, 4.69) is 0 Å². The maximum atomic E-state index is 12.4. The normalized spacial score (nSPS) is 9.30. The summed E-state index contributed by atoms with van der Waals surface area (Å²) in [5.41, 5.74) is 0.844. The third-order valence-electron chi connectivity index (χ3n) is 1.25. The van der Waals surface area contributed by atoms with Crippen LogP contribution in [0.4, 0.5) is 4.39 Å². The summed E-state index contributed by atoms with van der Waals surface area (Å²) in [6.45, 7) is 1.82. The van der Waals surface area contributed by atoms with E-state index in [0.717, 1.165) is 36.5 Å². The van der Waals surface area contributed by atoms with Gasteiger partial charge in [-0.2, -0.15) is 0 Å². The Kier molecular flexibility index (Phi) is 2.61. The topological polar surface area (TPSA) is 9.23 Å². The molecule has 0 bridgehead atoms. The molecule has 0 spiro atoms. The molecule has 0 fully saturated rings. The zero-order valence-corrected chi connectivity index (χ0v) is 7.98. The molecule has 0 saturated carbocycles. The number of hydrogen-bond donors (Lipinski definition) is 0. The molecular weight excluding hydrogens is 210 g/mol. The second kappa shape index (κ2) is 3.29. The van der Waals surface area contributed by atoms with Gasteiger partial charge in [-0.15, -0.1) is 0 Å². The van der Waals surface area contributed by atoms with E-state index in [0.29, 0.717) is 0 Å². The van der Waals surface area contributed by atoms with Crippen molar-refractivity contribution >= 4 is 0 Å². The fourth-order valence-electron chi connectivity index (χ4n) is 0.727. The van der Waals surface area contributed by atoms with Crippen LogP contribution in [0.15, 0.2) is 18.2 Å². The molecule has 0 radical (unpaired) electrons. The van der Waals surface area contributed by atoms with Crippen molar-refractivity contribution in [1.82, 2.24) is 0 Å². The van der Waals surface area contributed by atoms with Crippen LogP contribution in [0.3, 0.4) is 0 Å². The van der Waals surface area contributed by atoms with Crippen molar-refractivity contribution in [1.29, 1.82) is 0 Å². The van der Waals surface area contributed by atoms with Gasteiger partial charge < -0.3 is 0 Å². The molecule has 1 rings (SSSR count). The SMILES string of the molecule is Cc1cc(F)ccc1[O][Zr]. The summed E-state index contributed by atoms with van der Waals surface area (Å²) >= 11 is 0.974. The minimum atomic E-state index is -0.214. The van der Waals surface area contributed by atoms with Crippen LogP contribution in [0.2, 0.25) is 0 Å². The van der Waals surface area contributed by atoms with Gasteiger partial charge >= 0.3 is 74.6 Å². The van der Waals surface area contributed by atoms with Crippen LogP contribution < -0.4 is 2.81 Å². The summed E-state index contributed by atoms with van der Waals surface area (Å²) in [5.74, 6) is 0.550. The van der Waals surface area contributed by atoms with Crippen molar-refractivity contribution in [3.05, 3.63) is 29.6 Å². The van der Waals surface area contributed by atoms with Crippen LogP contribution in [0.1, 0.15) is 5.56 Å². The molecule has 0 aliphatic heterocycles. The third kappa shape index (κ3) is 1.66. The third-order valence-corrected chi connectivity index (χ3v) is 1.79. The van der Waals surface area contributed by atoms with Crippen molar-refractivity contribution < 1.29 is 32.4 Å². The van der Waals surface area contributed by atoms with E-state index in [9.17, 15) is 4.39 Å². The van der Waals surface area contributed by atoms with Gasteiger partial charge in [0.25, 0.3) is 0 Å². The molecule has 0 saturated heterocycles. The minimum absolute atomic E-state index is 0.214. The van der Waals surface area contributed by atoms with Gasteiger partial charge in [0, 0.05) is 0 Å². The number of rotatable bonds is 1. The van der Waals surface area contributed by atoms with Crippen LogP contribution in [0, 0.1) is 12.7 Å². The Morgan fingerprint density at radius 3 is 2.70 bits per heavy atom. The number of hydrogen-bond acceptors (Lipinski definition) is 1. The zero-order chi connectivity index (χ0) is 7.56. The van der Waals surface area contributed by atoms with Gasteiger partial charge in [0.15, 0.2) is 0 Å². The second-order valence-corrected chi connectivity index (χ2v) is 2.51. The van der Waals surface area contributed by atoms with Crippen molar-refractivity contribution in [3.63, 3.8) is 0 Å². The summed E-state index contributed by atoms with van der Waals surface area (Å²) < 4.78 is 17.5. The summed E-state index contributed by atoms with van der Waals surface area (Å²) in [4.78, 5) is 0. The molecule has 1 aromatic rings. The van der Waals surface area contributed by atoms with Crippen molar-refractivity contribution in [3.8, 4) is 5.75 Å². The van der Waals surface area contributed by atoms with E-state index in [1.807, 2.05) is 6.92 Å². The number of benzene rings is 1. The number of halogens is 1. The fraction of sp³-hybridized carbons (Fsp3) is 0.143. The average Bonchev–Trinajstić information content (AvgIpc) is 1.88. The molecule has 0 amide bonds. The van der Waals surface area contributed by atoms with Crippen LogP contribution in [0.5, 0.6) is 5.75 Å². The van der Waals surface area contributed by atoms with E-state index >= 15 is 0 Å². The molecule has 0 atom stereocenters. The molecule has 0 N–H and O–H groups in total. The molecule has 0 aliphatic rings. The standard InChI is InChI=1S/C7H7FO.Zr/c1-5-4-6(8)2-3-7(5)9;/h2-4,9H,1H3;/q;+1/p-1. The van der Waals surface area contributed by atoms with E-state index in [1.165, 1.54) is 12.1 Å². The Hall–Kier alpha value is -0.167. The van der Waals surface area contributed by atoms with Crippen LogP contribution in [-0.4, -0.2) is 0 Å². The van der Waals surface area contributed by atoms with E-state index in [1.54, 1.807) is 6.07 Å². The zero-order valence-electron chi connectivity index (χ0n) is 5.52. The summed E-state index contributed by atoms with van der Waals surface area (Å²) in [6, 6.07) is 4.49. The second-order valence-electron chi connectivity index (χ2n) is 2.01. The molecule has 1 nitrogen and oxygen atoms in total. The Morgan fingerprint density at radius 1 is 1.50 bits per heavy atom. The average molecular weight is 216 g/mol. The summed E-state index contributed by atoms with van der Waals surface area (Å²) in [7, 11) is 0. The van der Waals surface area contributed by atoms with E-state index in [-0.39, 0.29) is 5.82 Å². The first-order valence-corrected chi connectivity index (χ1v) is 3.84. The Labute approximate surface area is 74.7 Å². The van der Waals surface area contributed by atoms with Crippen molar-refractivity contribution in [2.45, 2.75) is 6.92 Å². The van der Waals surface area contributed by atoms with Crippen LogP contribution >= 0.6 is 0 Å². The maximum absolute atomic E-state index is 12.4. The van der Waals surface area contributed by atoms with Gasteiger partial charge in [0.05, 0.1) is 0 Å². The van der Waals surface area contributed by atoms with E-state index in [4.69, 9.17) is 2.81 Å². The van der Waals surface area contributed by atoms with Gasteiger partial charge in [-0.05, 0) is 0 Å². The molecule has 3 heteroatoms. The first-order valence-electron chi connectivity index (χ1n) is 2.84. The Balaban J connectivity index is 3.07. The predicted molar refractivity (Wildman–Crippen MR) is 31.8 cm³/mol. The Bertz CT molecular complexity index is 237. The fourth-order valence-corrected chi connectivity index (χ4v) is 1.29. The summed E-state index contributed by atoms with van der Waals surface area (Å²) in [6.07, 6.45) is 0. The molecule has 1 aromatic carbocycles. The first-order chi connectivity index (χ1) is 4.74. The summed E-state index contributed by atoms with van der Waals surface area (Å²) in [5, 5.41) is 0. The molecule has 10 heavy (non-hydrogen) atoms. The predicted octanol–water partition coefficient (Wildman–Crippen LogP) is 1.97. The molecular formula is C7H6FOZr.